The van der Waals surface area contributed by atoms with Gasteiger partial charge in [0.05, 0.1) is 0 Å². The predicted molar refractivity (Wildman–Crippen MR) is 37.9 cm³/mol. The number of rotatable bonds is 1. The average molecular weight is 174 g/mol. The molecule has 0 atom stereocenters. The summed E-state index contributed by atoms with van der Waals surface area (Å²) in [7, 11) is 0. The molecule has 0 aliphatic carbocycles. The van der Waals surface area contributed by atoms with Gasteiger partial charge in [0.1, 0.15) is 5.02 Å². The van der Waals surface area contributed by atoms with Crippen molar-refractivity contribution in [2.45, 2.75) is 0 Å². The second-order valence-electron chi connectivity index (χ2n) is 1.66. The zero-order valence-corrected chi connectivity index (χ0v) is 6.08. The monoisotopic (exact) mass is 173 g/mol. The van der Waals surface area contributed by atoms with Crippen molar-refractivity contribution in [3.63, 3.8) is 0 Å². The molecule has 58 valence electrons. The summed E-state index contributed by atoms with van der Waals surface area (Å²) in [6.45, 7) is 0. The van der Waals surface area contributed by atoms with Gasteiger partial charge in [0, 0.05) is 6.20 Å². The smallest absolute Gasteiger partial charge is 0.449 e. The van der Waals surface area contributed by atoms with Crippen molar-refractivity contribution in [3.8, 4) is 5.88 Å². The van der Waals surface area contributed by atoms with E-state index in [1.807, 2.05) is 0 Å². The topological polar surface area (TPSA) is 59.4 Å². The molecule has 0 aromatic carbocycles. The van der Waals surface area contributed by atoms with E-state index in [9.17, 15) is 4.79 Å². The molecule has 0 aliphatic heterocycles. The second kappa shape index (κ2) is 3.21. The van der Waals surface area contributed by atoms with E-state index in [1.54, 1.807) is 6.07 Å². The molecule has 1 heterocycles. The predicted octanol–water partition coefficient (Wildman–Crippen LogP) is 1.79. The number of nitrogens with zero attached hydrogens (tertiary/aromatic N) is 1. The third-order valence-corrected chi connectivity index (χ3v) is 1.20. The first-order chi connectivity index (χ1) is 5.20. The summed E-state index contributed by atoms with van der Waals surface area (Å²) >= 11 is 5.52. The molecular formula is C6H4ClNO3. The lowest BCUT2D eigenvalue weighted by molar-refractivity contribution is 0.142. The Kier molecular flexibility index (Phi) is 2.28. The molecule has 0 unspecified atom stereocenters. The first-order valence-corrected chi connectivity index (χ1v) is 3.09. The van der Waals surface area contributed by atoms with E-state index in [1.165, 1.54) is 12.3 Å². The van der Waals surface area contributed by atoms with Crippen LogP contribution in [0, 0.1) is 0 Å². The number of carbonyl (C=O) groups is 1. The highest BCUT2D eigenvalue weighted by atomic mass is 35.5. The maximum atomic E-state index is 10.0. The van der Waals surface area contributed by atoms with E-state index in [-0.39, 0.29) is 10.9 Å². The van der Waals surface area contributed by atoms with Crippen LogP contribution in [0.4, 0.5) is 4.79 Å². The summed E-state index contributed by atoms with van der Waals surface area (Å²) in [4.78, 5) is 13.6. The number of pyridine rings is 1. The van der Waals surface area contributed by atoms with Crippen molar-refractivity contribution in [2.24, 2.45) is 0 Å². The van der Waals surface area contributed by atoms with E-state index < -0.39 is 6.16 Å². The standard InChI is InChI=1S/C6H4ClNO3/c7-4-2-1-3-8-5(4)11-6(9)10/h1-3H,(H,9,10). The molecule has 4 nitrogen and oxygen atoms in total. The Morgan fingerprint density at radius 2 is 2.45 bits per heavy atom. The summed E-state index contributed by atoms with van der Waals surface area (Å²) in [6.07, 6.45) is -0.0324. The quantitative estimate of drug-likeness (QED) is 0.658. The van der Waals surface area contributed by atoms with Crippen molar-refractivity contribution < 1.29 is 14.6 Å². The van der Waals surface area contributed by atoms with Crippen LogP contribution in [0.25, 0.3) is 0 Å². The van der Waals surface area contributed by atoms with Gasteiger partial charge in [-0.1, -0.05) is 11.6 Å². The molecule has 0 saturated carbocycles. The van der Waals surface area contributed by atoms with Gasteiger partial charge in [-0.05, 0) is 12.1 Å². The molecular weight excluding hydrogens is 170 g/mol. The van der Waals surface area contributed by atoms with Crippen molar-refractivity contribution in [2.75, 3.05) is 0 Å². The zero-order chi connectivity index (χ0) is 8.27. The fraction of sp³-hybridized carbons (Fsp3) is 0. The highest BCUT2D eigenvalue weighted by molar-refractivity contribution is 6.31. The third-order valence-electron chi connectivity index (χ3n) is 0.909. The first-order valence-electron chi connectivity index (χ1n) is 2.71. The van der Waals surface area contributed by atoms with Crippen molar-refractivity contribution >= 4 is 17.8 Å². The molecule has 0 spiro atoms. The van der Waals surface area contributed by atoms with Crippen molar-refractivity contribution in [3.05, 3.63) is 23.4 Å². The molecule has 0 bridgehead atoms. The largest absolute Gasteiger partial charge is 0.512 e. The molecule has 0 amide bonds. The lowest BCUT2D eigenvalue weighted by Crippen LogP contribution is -2.04. The van der Waals surface area contributed by atoms with E-state index in [2.05, 4.69) is 9.72 Å². The number of ether oxygens (including phenoxy) is 1. The molecule has 0 aliphatic rings. The van der Waals surface area contributed by atoms with Crippen LogP contribution >= 0.6 is 11.6 Å². The Morgan fingerprint density at radius 1 is 1.73 bits per heavy atom. The third kappa shape index (κ3) is 2.09. The number of hydrogen-bond donors (Lipinski definition) is 1. The molecule has 0 radical (unpaired) electrons. The van der Waals surface area contributed by atoms with Gasteiger partial charge in [-0.2, -0.15) is 0 Å². The molecule has 11 heavy (non-hydrogen) atoms. The number of halogens is 1. The Morgan fingerprint density at radius 3 is 3.00 bits per heavy atom. The number of aromatic nitrogens is 1. The minimum Gasteiger partial charge on any atom is -0.449 e. The second-order valence-corrected chi connectivity index (χ2v) is 2.07. The molecule has 1 rings (SSSR count). The zero-order valence-electron chi connectivity index (χ0n) is 5.32. The summed E-state index contributed by atoms with van der Waals surface area (Å²) in [5.74, 6) is -0.0957. The van der Waals surface area contributed by atoms with E-state index >= 15 is 0 Å². The Labute approximate surface area is 67.4 Å². The fourth-order valence-electron chi connectivity index (χ4n) is 0.529. The molecule has 0 fully saturated rings. The van der Waals surface area contributed by atoms with Gasteiger partial charge in [0.25, 0.3) is 0 Å². The maximum Gasteiger partial charge on any atom is 0.512 e. The van der Waals surface area contributed by atoms with Gasteiger partial charge in [-0.15, -0.1) is 0 Å². The van der Waals surface area contributed by atoms with Gasteiger partial charge in [-0.25, -0.2) is 9.78 Å². The lowest BCUT2D eigenvalue weighted by Gasteiger charge is -1.98. The highest BCUT2D eigenvalue weighted by Crippen LogP contribution is 2.19. The number of hydrogen-bond acceptors (Lipinski definition) is 3. The summed E-state index contributed by atoms with van der Waals surface area (Å²) in [6, 6.07) is 3.07. The van der Waals surface area contributed by atoms with Crippen LogP contribution in [0.15, 0.2) is 18.3 Å². The molecule has 1 aromatic heterocycles. The minimum atomic E-state index is -1.43. The average Bonchev–Trinajstić information content (AvgIpc) is 1.93. The van der Waals surface area contributed by atoms with Gasteiger partial charge in [0.15, 0.2) is 0 Å². The molecule has 1 N–H and O–H groups in total. The van der Waals surface area contributed by atoms with Gasteiger partial charge in [0.2, 0.25) is 5.88 Å². The van der Waals surface area contributed by atoms with Crippen LogP contribution in [0.5, 0.6) is 5.88 Å². The summed E-state index contributed by atoms with van der Waals surface area (Å²) in [5.41, 5.74) is 0. The van der Waals surface area contributed by atoms with Crippen LogP contribution in [-0.2, 0) is 0 Å². The van der Waals surface area contributed by atoms with Gasteiger partial charge >= 0.3 is 6.16 Å². The fourth-order valence-corrected chi connectivity index (χ4v) is 0.689. The van der Waals surface area contributed by atoms with Crippen LogP contribution in [0.3, 0.4) is 0 Å². The van der Waals surface area contributed by atoms with Crippen molar-refractivity contribution in [1.82, 2.24) is 4.98 Å². The van der Waals surface area contributed by atoms with E-state index in [0.29, 0.717) is 0 Å². The molecule has 1 aromatic rings. The molecule has 5 heteroatoms. The highest BCUT2D eigenvalue weighted by Gasteiger charge is 2.05. The van der Waals surface area contributed by atoms with Gasteiger partial charge in [-0.3, -0.25) is 0 Å². The Balaban J connectivity index is 2.86. The van der Waals surface area contributed by atoms with E-state index in [4.69, 9.17) is 16.7 Å². The van der Waals surface area contributed by atoms with Crippen LogP contribution < -0.4 is 4.74 Å². The molecule has 0 saturated heterocycles. The number of carboxylic acid groups (broad SMARTS) is 1. The summed E-state index contributed by atoms with van der Waals surface area (Å²) in [5, 5.41) is 8.35. The van der Waals surface area contributed by atoms with Crippen molar-refractivity contribution in [1.29, 1.82) is 0 Å². The Hall–Kier alpha value is -1.29. The first kappa shape index (κ1) is 7.81. The normalized spacial score (nSPS) is 9.18. The van der Waals surface area contributed by atoms with Gasteiger partial charge < -0.3 is 9.84 Å². The van der Waals surface area contributed by atoms with Crippen LogP contribution in [-0.4, -0.2) is 16.2 Å². The van der Waals surface area contributed by atoms with E-state index in [0.717, 1.165) is 0 Å². The van der Waals surface area contributed by atoms with Crippen LogP contribution in [0.2, 0.25) is 5.02 Å². The minimum absolute atomic E-state index is 0.0957. The maximum absolute atomic E-state index is 10.0. The SMILES string of the molecule is O=C(O)Oc1ncccc1Cl. The summed E-state index contributed by atoms with van der Waals surface area (Å²) < 4.78 is 4.22. The van der Waals surface area contributed by atoms with Crippen LogP contribution in [0.1, 0.15) is 0 Å². The Bertz CT molecular complexity index is 276. The lowest BCUT2D eigenvalue weighted by atomic mass is 10.5.